The van der Waals surface area contributed by atoms with Crippen LogP contribution >= 0.6 is 0 Å². The van der Waals surface area contributed by atoms with Crippen LogP contribution in [-0.2, 0) is 10.0 Å². The summed E-state index contributed by atoms with van der Waals surface area (Å²) in [6, 6.07) is 9.13. The van der Waals surface area contributed by atoms with Crippen molar-refractivity contribution >= 4 is 21.0 Å². The Morgan fingerprint density at radius 3 is 2.58 bits per heavy atom. The molecule has 0 fully saturated rings. The Morgan fingerprint density at radius 1 is 1.15 bits per heavy atom. The van der Waals surface area contributed by atoms with Gasteiger partial charge in [-0.3, -0.25) is 0 Å². The highest BCUT2D eigenvalue weighted by molar-refractivity contribution is 7.89. The van der Waals surface area contributed by atoms with Crippen LogP contribution in [0.15, 0.2) is 69.0 Å². The molecule has 0 radical (unpaired) electrons. The van der Waals surface area contributed by atoms with E-state index in [0.717, 1.165) is 6.07 Å². The molecule has 4 aromatic rings. The van der Waals surface area contributed by atoms with Gasteiger partial charge in [-0.2, -0.15) is 0 Å². The smallest absolute Gasteiger partial charge is 0.341 e. The zero-order chi connectivity index (χ0) is 23.8. The zero-order valence-electron chi connectivity index (χ0n) is 17.6. The van der Waals surface area contributed by atoms with E-state index >= 15 is 4.39 Å². The van der Waals surface area contributed by atoms with E-state index in [1.807, 2.05) is 0 Å². The summed E-state index contributed by atoms with van der Waals surface area (Å²) in [5, 5.41) is 0.556. The van der Waals surface area contributed by atoms with Crippen LogP contribution in [0.1, 0.15) is 22.7 Å². The fourth-order valence-corrected chi connectivity index (χ4v) is 4.29. The minimum atomic E-state index is -4.06. The van der Waals surface area contributed by atoms with Crippen molar-refractivity contribution in [1.82, 2.24) is 14.7 Å². The molecule has 1 unspecified atom stereocenters. The van der Waals surface area contributed by atoms with Crippen molar-refractivity contribution in [1.29, 1.82) is 0 Å². The molecule has 2 aromatic heterocycles. The van der Waals surface area contributed by atoms with Crippen molar-refractivity contribution in [3.8, 4) is 11.8 Å². The lowest BCUT2D eigenvalue weighted by molar-refractivity contribution is 0.440. The molecule has 11 heteroatoms. The lowest BCUT2D eigenvalue weighted by Crippen LogP contribution is -2.25. The molecule has 0 saturated heterocycles. The zero-order valence-corrected chi connectivity index (χ0v) is 18.4. The summed E-state index contributed by atoms with van der Waals surface area (Å²) in [6.45, 7) is 1.65. The number of nitrogens with one attached hydrogen (secondary N) is 1. The quantitative estimate of drug-likeness (QED) is 0.410. The molecule has 33 heavy (non-hydrogen) atoms. The predicted molar refractivity (Wildman–Crippen MR) is 118 cm³/mol. The summed E-state index contributed by atoms with van der Waals surface area (Å²) in [7, 11) is -2.89. The topological polar surface area (TPSA) is 137 Å². The number of nitrogens with zero attached hydrogens (tertiary/aromatic N) is 2. The summed E-state index contributed by atoms with van der Waals surface area (Å²) in [4.78, 5) is 20.2. The highest BCUT2D eigenvalue weighted by atomic mass is 32.2. The molecule has 0 amide bonds. The van der Waals surface area contributed by atoms with Crippen LogP contribution in [0.4, 0.5) is 4.39 Å². The van der Waals surface area contributed by atoms with Crippen LogP contribution in [0.5, 0.6) is 11.8 Å². The van der Waals surface area contributed by atoms with E-state index in [1.54, 1.807) is 25.1 Å². The van der Waals surface area contributed by atoms with Crippen LogP contribution in [-0.4, -0.2) is 25.4 Å². The molecule has 4 rings (SSSR count). The number of hydrogen-bond donors (Lipinski definition) is 2. The van der Waals surface area contributed by atoms with Crippen LogP contribution in [0, 0.1) is 12.7 Å². The van der Waals surface area contributed by atoms with Crippen molar-refractivity contribution in [2.24, 2.45) is 5.73 Å². The Bertz CT molecular complexity index is 1510. The maximum absolute atomic E-state index is 15.1. The van der Waals surface area contributed by atoms with E-state index < -0.39 is 32.4 Å². The van der Waals surface area contributed by atoms with Gasteiger partial charge in [0, 0.05) is 29.4 Å². The molecule has 3 N–H and O–H groups in total. The van der Waals surface area contributed by atoms with Gasteiger partial charge in [-0.05, 0) is 43.8 Å². The number of nitrogens with two attached hydrogens (primary N) is 1. The number of fused-ring (bicyclic) bond motifs is 1. The van der Waals surface area contributed by atoms with Gasteiger partial charge in [0.1, 0.15) is 22.0 Å². The third kappa shape index (κ3) is 4.21. The van der Waals surface area contributed by atoms with Crippen LogP contribution in [0.25, 0.3) is 11.0 Å². The number of rotatable bonds is 6. The van der Waals surface area contributed by atoms with Crippen molar-refractivity contribution in [3.05, 3.63) is 87.8 Å². The van der Waals surface area contributed by atoms with Gasteiger partial charge in [0.05, 0.1) is 11.6 Å². The van der Waals surface area contributed by atoms with Gasteiger partial charge in [0.25, 0.3) is 0 Å². The van der Waals surface area contributed by atoms with Crippen LogP contribution < -0.4 is 20.8 Å². The van der Waals surface area contributed by atoms with Gasteiger partial charge in [-0.25, -0.2) is 32.3 Å². The average Bonchev–Trinajstić information content (AvgIpc) is 2.79. The second-order valence-corrected chi connectivity index (χ2v) is 8.92. The summed E-state index contributed by atoms with van der Waals surface area (Å²) < 4.78 is 52.4. The molecular weight excluding hydrogens is 451 g/mol. The van der Waals surface area contributed by atoms with Crippen molar-refractivity contribution in [2.45, 2.75) is 17.9 Å². The van der Waals surface area contributed by atoms with Crippen LogP contribution in [0.3, 0.4) is 0 Å². The Kier molecular flexibility index (Phi) is 5.93. The molecule has 0 saturated carbocycles. The summed E-state index contributed by atoms with van der Waals surface area (Å²) in [6.07, 6.45) is 3.05. The third-order valence-electron chi connectivity index (χ3n) is 5.13. The first-order valence-corrected chi connectivity index (χ1v) is 11.2. The molecule has 0 bridgehead atoms. The number of ether oxygens (including phenoxy) is 1. The molecule has 2 aromatic carbocycles. The minimum Gasteiger partial charge on any atom is -0.424 e. The maximum atomic E-state index is 15.1. The number of hydrogen-bond acceptors (Lipinski definition) is 8. The molecule has 9 nitrogen and oxygen atoms in total. The van der Waals surface area contributed by atoms with Gasteiger partial charge in [-0.15, -0.1) is 0 Å². The Hall–Kier alpha value is -3.67. The fraction of sp³-hybridized carbons (Fsp3) is 0.136. The molecule has 0 aliphatic rings. The summed E-state index contributed by atoms with van der Waals surface area (Å²) in [5.74, 6) is -0.686. The van der Waals surface area contributed by atoms with Crippen LogP contribution in [0.2, 0.25) is 0 Å². The van der Waals surface area contributed by atoms with E-state index in [0.29, 0.717) is 16.7 Å². The Balaban J connectivity index is 1.78. The number of aromatic nitrogens is 2. The minimum absolute atomic E-state index is 0.0143. The van der Waals surface area contributed by atoms with Gasteiger partial charge >= 0.3 is 11.6 Å². The predicted octanol–water partition coefficient (Wildman–Crippen LogP) is 2.78. The average molecular weight is 470 g/mol. The molecule has 0 spiro atoms. The van der Waals surface area contributed by atoms with E-state index in [-0.39, 0.29) is 22.7 Å². The number of sulfonamides is 1. The second-order valence-electron chi connectivity index (χ2n) is 7.06. The van der Waals surface area contributed by atoms with Crippen molar-refractivity contribution < 1.29 is 22.0 Å². The Labute approximate surface area is 188 Å². The largest absolute Gasteiger partial charge is 0.424 e. The van der Waals surface area contributed by atoms with E-state index in [1.165, 1.54) is 37.6 Å². The number of benzene rings is 2. The standard InChI is InChI=1S/C22H19FN4O5S/c1-12-14-8-7-13(31-22-26-9-4-10-27-22)11-16(14)32-21(28)18(12)20(24)15-5-3-6-17(19(15)23)33(29,30)25-2/h3-11,20,25H,24H2,1-2H3. The normalized spacial score (nSPS) is 12.6. The molecule has 0 aliphatic carbocycles. The fourth-order valence-electron chi connectivity index (χ4n) is 3.46. The second kappa shape index (κ2) is 8.70. The summed E-state index contributed by atoms with van der Waals surface area (Å²) >= 11 is 0. The molecule has 2 heterocycles. The highest BCUT2D eigenvalue weighted by Crippen LogP contribution is 2.31. The van der Waals surface area contributed by atoms with Gasteiger partial charge < -0.3 is 14.9 Å². The van der Waals surface area contributed by atoms with E-state index in [2.05, 4.69) is 14.7 Å². The highest BCUT2D eigenvalue weighted by Gasteiger charge is 2.26. The first-order valence-electron chi connectivity index (χ1n) is 9.72. The maximum Gasteiger partial charge on any atom is 0.341 e. The monoisotopic (exact) mass is 470 g/mol. The number of aryl methyl sites for hydroxylation is 1. The molecular formula is C22H19FN4O5S. The van der Waals surface area contributed by atoms with E-state index in [4.69, 9.17) is 14.9 Å². The van der Waals surface area contributed by atoms with Gasteiger partial charge in [0.15, 0.2) is 0 Å². The summed E-state index contributed by atoms with van der Waals surface area (Å²) in [5.41, 5.74) is 6.03. The molecule has 170 valence electrons. The molecule has 0 aliphatic heterocycles. The number of halogens is 1. The van der Waals surface area contributed by atoms with Gasteiger partial charge in [0.2, 0.25) is 10.0 Å². The Morgan fingerprint density at radius 2 is 1.88 bits per heavy atom. The first-order chi connectivity index (χ1) is 15.7. The third-order valence-corrected chi connectivity index (χ3v) is 6.56. The van der Waals surface area contributed by atoms with E-state index in [9.17, 15) is 13.2 Å². The van der Waals surface area contributed by atoms with Crippen molar-refractivity contribution in [2.75, 3.05) is 7.05 Å². The lowest BCUT2D eigenvalue weighted by Gasteiger charge is -2.17. The van der Waals surface area contributed by atoms with Gasteiger partial charge in [-0.1, -0.05) is 12.1 Å². The lowest BCUT2D eigenvalue weighted by atomic mass is 9.95. The molecule has 1 atom stereocenters. The van der Waals surface area contributed by atoms with Crippen molar-refractivity contribution in [3.63, 3.8) is 0 Å². The first kappa shape index (κ1) is 22.5. The SMILES string of the molecule is CNS(=O)(=O)c1cccc(C(N)c2c(C)c3ccc(Oc4ncccn4)cc3oc2=O)c1F.